The highest BCUT2D eigenvalue weighted by Crippen LogP contribution is 2.23. The maximum absolute atomic E-state index is 11.8. The third-order valence-electron chi connectivity index (χ3n) is 2.24. The standard InChI is InChI=1S/C10H19N3O2S2/c1-10(2,9-12-6-7-16-9)13-17(14,15)8-4-3-5-11/h6-7,13H,3-5,8,11H2,1-2H3. The SMILES string of the molecule is CC(C)(NS(=O)(=O)CCCCN)c1nccs1. The fourth-order valence-corrected chi connectivity index (χ4v) is 3.79. The number of thiazole rings is 1. The molecule has 98 valence electrons. The van der Waals surface area contributed by atoms with Gasteiger partial charge in [-0.05, 0) is 33.2 Å². The van der Waals surface area contributed by atoms with E-state index in [1.54, 1.807) is 6.20 Å². The molecule has 7 heteroatoms. The Morgan fingerprint density at radius 3 is 2.71 bits per heavy atom. The Labute approximate surface area is 106 Å². The van der Waals surface area contributed by atoms with Gasteiger partial charge in [0.15, 0.2) is 0 Å². The molecule has 0 radical (unpaired) electrons. The van der Waals surface area contributed by atoms with Crippen molar-refractivity contribution in [2.45, 2.75) is 32.2 Å². The van der Waals surface area contributed by atoms with E-state index < -0.39 is 15.6 Å². The molecular formula is C10H19N3O2S2. The van der Waals surface area contributed by atoms with Gasteiger partial charge in [-0.1, -0.05) is 0 Å². The Morgan fingerprint density at radius 1 is 1.47 bits per heavy atom. The lowest BCUT2D eigenvalue weighted by Gasteiger charge is -2.23. The topological polar surface area (TPSA) is 85.1 Å². The Morgan fingerprint density at radius 2 is 2.18 bits per heavy atom. The Balaban J connectivity index is 2.63. The first-order valence-corrected chi connectivity index (χ1v) is 8.02. The number of hydrogen-bond donors (Lipinski definition) is 2. The minimum Gasteiger partial charge on any atom is -0.330 e. The maximum atomic E-state index is 11.8. The Kier molecular flexibility index (Phi) is 5.05. The van der Waals surface area contributed by atoms with E-state index in [0.717, 1.165) is 11.4 Å². The highest BCUT2D eigenvalue weighted by molar-refractivity contribution is 7.89. The molecule has 3 N–H and O–H groups in total. The quantitative estimate of drug-likeness (QED) is 0.729. The van der Waals surface area contributed by atoms with Crippen LogP contribution in [0.3, 0.4) is 0 Å². The summed E-state index contributed by atoms with van der Waals surface area (Å²) in [5.74, 6) is 0.110. The second-order valence-corrected chi connectivity index (χ2v) is 7.12. The highest BCUT2D eigenvalue weighted by atomic mass is 32.2. The molecule has 0 amide bonds. The number of hydrogen-bond acceptors (Lipinski definition) is 5. The number of nitrogens with two attached hydrogens (primary N) is 1. The molecule has 0 bridgehead atoms. The molecule has 0 aromatic carbocycles. The highest BCUT2D eigenvalue weighted by Gasteiger charge is 2.28. The molecule has 1 rings (SSSR count). The van der Waals surface area contributed by atoms with Crippen LogP contribution < -0.4 is 10.5 Å². The van der Waals surface area contributed by atoms with Crippen LogP contribution in [0.2, 0.25) is 0 Å². The molecule has 0 spiro atoms. The molecule has 5 nitrogen and oxygen atoms in total. The lowest BCUT2D eigenvalue weighted by atomic mass is 10.1. The summed E-state index contributed by atoms with van der Waals surface area (Å²) in [5, 5.41) is 2.60. The van der Waals surface area contributed by atoms with Crippen molar-refractivity contribution in [3.05, 3.63) is 16.6 Å². The van der Waals surface area contributed by atoms with Crippen LogP contribution in [-0.4, -0.2) is 25.7 Å². The fourth-order valence-electron chi connectivity index (χ4n) is 1.45. The third-order valence-corrected chi connectivity index (χ3v) is 4.99. The summed E-state index contributed by atoms with van der Waals surface area (Å²) in [6.45, 7) is 4.14. The van der Waals surface area contributed by atoms with Gasteiger partial charge in [0.2, 0.25) is 10.0 Å². The van der Waals surface area contributed by atoms with Crippen LogP contribution in [0.4, 0.5) is 0 Å². The van der Waals surface area contributed by atoms with Gasteiger partial charge in [0, 0.05) is 11.6 Å². The summed E-state index contributed by atoms with van der Waals surface area (Å²) in [7, 11) is -3.28. The van der Waals surface area contributed by atoms with Gasteiger partial charge in [-0.25, -0.2) is 18.1 Å². The zero-order chi connectivity index (χ0) is 12.9. The first kappa shape index (κ1) is 14.6. The lowest BCUT2D eigenvalue weighted by molar-refractivity contribution is 0.469. The molecule has 0 unspecified atom stereocenters. The molecule has 17 heavy (non-hydrogen) atoms. The monoisotopic (exact) mass is 277 g/mol. The van der Waals surface area contributed by atoms with Gasteiger partial charge < -0.3 is 5.73 Å². The van der Waals surface area contributed by atoms with E-state index in [1.165, 1.54) is 11.3 Å². The Hall–Kier alpha value is -0.500. The minimum absolute atomic E-state index is 0.110. The first-order valence-electron chi connectivity index (χ1n) is 5.49. The van der Waals surface area contributed by atoms with Crippen molar-refractivity contribution >= 4 is 21.4 Å². The summed E-state index contributed by atoms with van der Waals surface area (Å²) in [5.41, 5.74) is 4.68. The maximum Gasteiger partial charge on any atom is 0.212 e. The number of unbranched alkanes of at least 4 members (excludes halogenated alkanes) is 1. The average molecular weight is 277 g/mol. The van der Waals surface area contributed by atoms with Gasteiger partial charge in [0.05, 0.1) is 11.3 Å². The summed E-state index contributed by atoms with van der Waals surface area (Å²) in [6, 6.07) is 0. The van der Waals surface area contributed by atoms with Gasteiger partial charge in [0.1, 0.15) is 5.01 Å². The van der Waals surface area contributed by atoms with Gasteiger partial charge >= 0.3 is 0 Å². The largest absolute Gasteiger partial charge is 0.330 e. The van der Waals surface area contributed by atoms with Crippen LogP contribution in [0, 0.1) is 0 Å². The molecule has 0 aliphatic rings. The summed E-state index contributed by atoms with van der Waals surface area (Å²) < 4.78 is 26.4. The van der Waals surface area contributed by atoms with Crippen molar-refractivity contribution in [1.82, 2.24) is 9.71 Å². The van der Waals surface area contributed by atoms with Crippen LogP contribution in [0.15, 0.2) is 11.6 Å². The minimum atomic E-state index is -3.28. The van der Waals surface area contributed by atoms with E-state index in [1.807, 2.05) is 19.2 Å². The van der Waals surface area contributed by atoms with Crippen molar-refractivity contribution in [1.29, 1.82) is 0 Å². The average Bonchev–Trinajstić information content (AvgIpc) is 2.69. The molecule has 1 aromatic heterocycles. The Bertz CT molecular complexity index is 426. The third kappa shape index (κ3) is 4.71. The number of nitrogens with zero attached hydrogens (tertiary/aromatic N) is 1. The van der Waals surface area contributed by atoms with Crippen LogP contribution in [-0.2, 0) is 15.6 Å². The molecule has 1 heterocycles. The van der Waals surface area contributed by atoms with E-state index in [9.17, 15) is 8.42 Å². The van der Waals surface area contributed by atoms with Crippen LogP contribution >= 0.6 is 11.3 Å². The molecule has 0 fully saturated rings. The molecular weight excluding hydrogens is 258 g/mol. The fraction of sp³-hybridized carbons (Fsp3) is 0.700. The van der Waals surface area contributed by atoms with E-state index in [4.69, 9.17) is 5.73 Å². The molecule has 0 aliphatic carbocycles. The van der Waals surface area contributed by atoms with Crippen molar-refractivity contribution in [3.63, 3.8) is 0 Å². The second kappa shape index (κ2) is 5.90. The van der Waals surface area contributed by atoms with Crippen molar-refractivity contribution < 1.29 is 8.42 Å². The van der Waals surface area contributed by atoms with Crippen LogP contribution in [0.5, 0.6) is 0 Å². The van der Waals surface area contributed by atoms with E-state index in [0.29, 0.717) is 13.0 Å². The number of aromatic nitrogens is 1. The van der Waals surface area contributed by atoms with E-state index in [2.05, 4.69) is 9.71 Å². The predicted octanol–water partition coefficient (Wildman–Crippen LogP) is 1.04. The number of nitrogens with one attached hydrogen (secondary N) is 1. The zero-order valence-corrected chi connectivity index (χ0v) is 11.8. The molecule has 0 atom stereocenters. The number of rotatable bonds is 7. The molecule has 1 aromatic rings. The first-order chi connectivity index (χ1) is 7.87. The summed E-state index contributed by atoms with van der Waals surface area (Å²) >= 11 is 1.44. The molecule has 0 saturated heterocycles. The molecule has 0 saturated carbocycles. The molecule has 0 aliphatic heterocycles. The van der Waals surface area contributed by atoms with Gasteiger partial charge in [-0.15, -0.1) is 11.3 Å². The van der Waals surface area contributed by atoms with Crippen molar-refractivity contribution in [3.8, 4) is 0 Å². The summed E-state index contributed by atoms with van der Waals surface area (Å²) in [4.78, 5) is 4.14. The smallest absolute Gasteiger partial charge is 0.212 e. The zero-order valence-electron chi connectivity index (χ0n) is 10.1. The van der Waals surface area contributed by atoms with Crippen LogP contribution in [0.1, 0.15) is 31.7 Å². The second-order valence-electron chi connectivity index (χ2n) is 4.38. The van der Waals surface area contributed by atoms with Gasteiger partial charge in [0.25, 0.3) is 0 Å². The van der Waals surface area contributed by atoms with E-state index in [-0.39, 0.29) is 5.75 Å². The van der Waals surface area contributed by atoms with Crippen LogP contribution in [0.25, 0.3) is 0 Å². The summed E-state index contributed by atoms with van der Waals surface area (Å²) in [6.07, 6.45) is 2.98. The normalized spacial score (nSPS) is 12.9. The van der Waals surface area contributed by atoms with Crippen molar-refractivity contribution in [2.75, 3.05) is 12.3 Å². The number of sulfonamides is 1. The lowest BCUT2D eigenvalue weighted by Crippen LogP contribution is -2.42. The van der Waals surface area contributed by atoms with Gasteiger partial charge in [-0.3, -0.25) is 0 Å². The van der Waals surface area contributed by atoms with Crippen molar-refractivity contribution in [2.24, 2.45) is 5.73 Å². The van der Waals surface area contributed by atoms with E-state index >= 15 is 0 Å². The predicted molar refractivity (Wildman–Crippen MR) is 70.4 cm³/mol. The van der Waals surface area contributed by atoms with Gasteiger partial charge in [-0.2, -0.15) is 0 Å².